The van der Waals surface area contributed by atoms with Crippen LogP contribution in [0.2, 0.25) is 5.02 Å². The lowest BCUT2D eigenvalue weighted by Crippen LogP contribution is -2.13. The summed E-state index contributed by atoms with van der Waals surface area (Å²) < 4.78 is 13.5. The third kappa shape index (κ3) is 2.67. The van der Waals surface area contributed by atoms with Crippen LogP contribution in [0.25, 0.3) is 0 Å². The van der Waals surface area contributed by atoms with Gasteiger partial charge in [0.2, 0.25) is 0 Å². The fourth-order valence-corrected chi connectivity index (χ4v) is 1.21. The Kier molecular flexibility index (Phi) is 4.32. The highest BCUT2D eigenvalue weighted by atomic mass is 35.5. The molecule has 0 fully saturated rings. The first kappa shape index (κ1) is 11.4. The van der Waals surface area contributed by atoms with E-state index in [0.29, 0.717) is 22.7 Å². The molecular weight excluding hydrogens is 205 g/mol. The standard InChI is InChI=1S/C10H13ClFNO/c1-3-13-14-6-8-4-5-9(11)7(2)10(8)12/h4-5,13H,3,6H2,1-2H3. The Morgan fingerprint density at radius 2 is 2.21 bits per heavy atom. The summed E-state index contributed by atoms with van der Waals surface area (Å²) in [7, 11) is 0. The average molecular weight is 218 g/mol. The summed E-state index contributed by atoms with van der Waals surface area (Å²) in [6, 6.07) is 3.30. The van der Waals surface area contributed by atoms with E-state index in [4.69, 9.17) is 16.4 Å². The second kappa shape index (κ2) is 5.29. The number of nitrogens with one attached hydrogen (secondary N) is 1. The molecule has 14 heavy (non-hydrogen) atoms. The van der Waals surface area contributed by atoms with Gasteiger partial charge in [-0.2, -0.15) is 0 Å². The van der Waals surface area contributed by atoms with Gasteiger partial charge in [0, 0.05) is 22.7 Å². The Labute approximate surface area is 88.0 Å². The highest BCUT2D eigenvalue weighted by molar-refractivity contribution is 6.31. The van der Waals surface area contributed by atoms with Crippen molar-refractivity contribution in [1.29, 1.82) is 0 Å². The predicted octanol–water partition coefficient (Wildman–Crippen LogP) is 2.83. The van der Waals surface area contributed by atoms with Gasteiger partial charge in [-0.3, -0.25) is 4.84 Å². The van der Waals surface area contributed by atoms with Gasteiger partial charge in [-0.15, -0.1) is 0 Å². The molecule has 0 saturated carbocycles. The van der Waals surface area contributed by atoms with Crippen LogP contribution < -0.4 is 5.48 Å². The van der Waals surface area contributed by atoms with Crippen molar-refractivity contribution in [2.75, 3.05) is 6.54 Å². The zero-order chi connectivity index (χ0) is 10.6. The third-order valence-corrected chi connectivity index (χ3v) is 2.28. The molecule has 0 amide bonds. The van der Waals surface area contributed by atoms with Crippen molar-refractivity contribution in [2.45, 2.75) is 20.5 Å². The van der Waals surface area contributed by atoms with Gasteiger partial charge in [-0.1, -0.05) is 24.6 Å². The minimum Gasteiger partial charge on any atom is -0.297 e. The highest BCUT2D eigenvalue weighted by Crippen LogP contribution is 2.21. The largest absolute Gasteiger partial charge is 0.297 e. The molecule has 0 aromatic heterocycles. The lowest BCUT2D eigenvalue weighted by atomic mass is 10.1. The van der Waals surface area contributed by atoms with Crippen molar-refractivity contribution in [3.8, 4) is 0 Å². The maximum absolute atomic E-state index is 13.5. The van der Waals surface area contributed by atoms with E-state index in [1.807, 2.05) is 6.92 Å². The zero-order valence-corrected chi connectivity index (χ0v) is 8.99. The van der Waals surface area contributed by atoms with Crippen LogP contribution in [-0.4, -0.2) is 6.54 Å². The number of hydroxylamine groups is 1. The van der Waals surface area contributed by atoms with Gasteiger partial charge >= 0.3 is 0 Å². The highest BCUT2D eigenvalue weighted by Gasteiger charge is 2.08. The number of hydrogen-bond donors (Lipinski definition) is 1. The number of rotatable bonds is 4. The van der Waals surface area contributed by atoms with Crippen LogP contribution in [0.3, 0.4) is 0 Å². The molecule has 0 atom stereocenters. The van der Waals surface area contributed by atoms with Gasteiger partial charge in [-0.05, 0) is 13.0 Å². The van der Waals surface area contributed by atoms with Crippen molar-refractivity contribution < 1.29 is 9.23 Å². The van der Waals surface area contributed by atoms with E-state index in [1.165, 1.54) is 0 Å². The van der Waals surface area contributed by atoms with E-state index >= 15 is 0 Å². The molecule has 1 rings (SSSR count). The Morgan fingerprint density at radius 3 is 2.86 bits per heavy atom. The monoisotopic (exact) mass is 217 g/mol. The van der Waals surface area contributed by atoms with E-state index in [-0.39, 0.29) is 12.4 Å². The van der Waals surface area contributed by atoms with E-state index in [0.717, 1.165) is 0 Å². The van der Waals surface area contributed by atoms with Crippen LogP contribution >= 0.6 is 11.6 Å². The molecule has 0 saturated heterocycles. The zero-order valence-electron chi connectivity index (χ0n) is 8.23. The topological polar surface area (TPSA) is 21.3 Å². The van der Waals surface area contributed by atoms with E-state index in [2.05, 4.69) is 5.48 Å². The summed E-state index contributed by atoms with van der Waals surface area (Å²) >= 11 is 5.75. The minimum absolute atomic E-state index is 0.206. The Bertz CT molecular complexity index is 317. The van der Waals surface area contributed by atoms with Crippen molar-refractivity contribution in [1.82, 2.24) is 5.48 Å². The lowest BCUT2D eigenvalue weighted by molar-refractivity contribution is 0.0298. The molecular formula is C10H13ClFNO. The van der Waals surface area contributed by atoms with E-state index in [1.54, 1.807) is 19.1 Å². The Balaban J connectivity index is 2.73. The van der Waals surface area contributed by atoms with Crippen molar-refractivity contribution >= 4 is 11.6 Å². The molecule has 1 aromatic carbocycles. The molecule has 1 aromatic rings. The summed E-state index contributed by atoms with van der Waals surface area (Å²) in [5, 5.41) is 0.440. The normalized spacial score (nSPS) is 10.6. The predicted molar refractivity (Wildman–Crippen MR) is 54.6 cm³/mol. The second-order valence-corrected chi connectivity index (χ2v) is 3.34. The molecule has 4 heteroatoms. The van der Waals surface area contributed by atoms with Crippen molar-refractivity contribution in [3.63, 3.8) is 0 Å². The van der Waals surface area contributed by atoms with Crippen molar-refractivity contribution in [3.05, 3.63) is 34.1 Å². The first-order chi connectivity index (χ1) is 6.66. The van der Waals surface area contributed by atoms with Crippen LogP contribution in [-0.2, 0) is 11.4 Å². The first-order valence-corrected chi connectivity index (χ1v) is 4.82. The number of benzene rings is 1. The minimum atomic E-state index is -0.296. The SMILES string of the molecule is CCNOCc1ccc(Cl)c(C)c1F. The Morgan fingerprint density at radius 1 is 1.50 bits per heavy atom. The van der Waals surface area contributed by atoms with Crippen LogP contribution in [0.15, 0.2) is 12.1 Å². The fourth-order valence-electron chi connectivity index (χ4n) is 1.06. The average Bonchev–Trinajstić information content (AvgIpc) is 2.18. The van der Waals surface area contributed by atoms with Crippen molar-refractivity contribution in [2.24, 2.45) is 0 Å². The number of hydrogen-bond acceptors (Lipinski definition) is 2. The summed E-state index contributed by atoms with van der Waals surface area (Å²) in [6.07, 6.45) is 0. The third-order valence-electron chi connectivity index (χ3n) is 1.87. The fraction of sp³-hybridized carbons (Fsp3) is 0.400. The van der Waals surface area contributed by atoms with Crippen LogP contribution in [0, 0.1) is 12.7 Å². The van der Waals surface area contributed by atoms with Gasteiger partial charge < -0.3 is 0 Å². The molecule has 0 bridgehead atoms. The molecule has 78 valence electrons. The van der Waals surface area contributed by atoms with Gasteiger partial charge in [0.25, 0.3) is 0 Å². The molecule has 0 spiro atoms. The lowest BCUT2D eigenvalue weighted by Gasteiger charge is -2.07. The summed E-state index contributed by atoms with van der Waals surface area (Å²) in [4.78, 5) is 5.01. The van der Waals surface area contributed by atoms with E-state index < -0.39 is 0 Å². The van der Waals surface area contributed by atoms with Crippen LogP contribution in [0.1, 0.15) is 18.1 Å². The van der Waals surface area contributed by atoms with E-state index in [9.17, 15) is 4.39 Å². The Hall–Kier alpha value is -0.640. The molecule has 0 radical (unpaired) electrons. The smallest absolute Gasteiger partial charge is 0.133 e. The maximum atomic E-state index is 13.5. The first-order valence-electron chi connectivity index (χ1n) is 4.45. The van der Waals surface area contributed by atoms with Gasteiger partial charge in [0.1, 0.15) is 5.82 Å². The number of halogens is 2. The quantitative estimate of drug-likeness (QED) is 0.619. The van der Waals surface area contributed by atoms with Gasteiger partial charge in [0.15, 0.2) is 0 Å². The second-order valence-electron chi connectivity index (χ2n) is 2.93. The summed E-state index contributed by atoms with van der Waals surface area (Å²) in [6.45, 7) is 4.45. The van der Waals surface area contributed by atoms with Crippen LogP contribution in [0.4, 0.5) is 4.39 Å². The molecule has 0 aliphatic carbocycles. The summed E-state index contributed by atoms with van der Waals surface area (Å²) in [5.41, 5.74) is 3.63. The summed E-state index contributed by atoms with van der Waals surface area (Å²) in [5.74, 6) is -0.296. The molecule has 0 heterocycles. The molecule has 0 aliphatic heterocycles. The van der Waals surface area contributed by atoms with Gasteiger partial charge in [-0.25, -0.2) is 9.87 Å². The van der Waals surface area contributed by atoms with Gasteiger partial charge in [0.05, 0.1) is 6.61 Å². The molecule has 0 unspecified atom stereocenters. The maximum Gasteiger partial charge on any atom is 0.133 e. The molecule has 0 aliphatic rings. The van der Waals surface area contributed by atoms with Crippen LogP contribution in [0.5, 0.6) is 0 Å². The molecule has 1 N–H and O–H groups in total. The molecule has 2 nitrogen and oxygen atoms in total.